The van der Waals surface area contributed by atoms with Gasteiger partial charge in [-0.05, 0) is 0 Å². The third kappa shape index (κ3) is 2.64. The predicted molar refractivity (Wildman–Crippen MR) is 42.6 cm³/mol. The Morgan fingerprint density at radius 2 is 1.83 bits per heavy atom. The number of fused-ring (bicyclic) bond motifs is 1. The first-order valence-electron chi connectivity index (χ1n) is 3.65. The maximum absolute atomic E-state index is 2.24. The van der Waals surface area contributed by atoms with Crippen molar-refractivity contribution < 1.29 is 65.4 Å². The van der Waals surface area contributed by atoms with E-state index in [0.29, 0.717) is 5.92 Å². The van der Waals surface area contributed by atoms with Crippen LogP contribution in [0.1, 0.15) is 24.0 Å². The van der Waals surface area contributed by atoms with Crippen LogP contribution >= 0.6 is 0 Å². The van der Waals surface area contributed by atoms with Gasteiger partial charge in [0.05, 0.1) is 0 Å². The zero-order valence-electron chi connectivity index (χ0n) is 7.20. The standard InChI is InChI=1S/C10H10.2Y/c1-8-6-7-9-4-2-3-5-10(8)9;;/h2-8H,1H3;;/q-2;;. The SMILES string of the molecule is CC1[CH-][CH-]c2ccccc21.[Y].[Y]. The molecule has 0 heterocycles. The molecule has 0 saturated heterocycles. The van der Waals surface area contributed by atoms with Crippen molar-refractivity contribution in [1.29, 1.82) is 0 Å². The van der Waals surface area contributed by atoms with Crippen LogP contribution in [0.25, 0.3) is 0 Å². The summed E-state index contributed by atoms with van der Waals surface area (Å²) in [5, 5.41) is 0. The van der Waals surface area contributed by atoms with Gasteiger partial charge in [-0.2, -0.15) is 17.5 Å². The fraction of sp³-hybridized carbons (Fsp3) is 0.200. The van der Waals surface area contributed by atoms with Crippen molar-refractivity contribution in [3.63, 3.8) is 0 Å². The second-order valence-corrected chi connectivity index (χ2v) is 2.78. The molecule has 0 amide bonds. The van der Waals surface area contributed by atoms with Crippen LogP contribution < -0.4 is 0 Å². The minimum Gasteiger partial charge on any atom is -0.372 e. The van der Waals surface area contributed by atoms with E-state index >= 15 is 0 Å². The molecule has 0 aromatic heterocycles. The summed E-state index contributed by atoms with van der Waals surface area (Å²) < 4.78 is 0. The van der Waals surface area contributed by atoms with Crippen molar-refractivity contribution in [2.45, 2.75) is 12.8 Å². The molecule has 1 aliphatic carbocycles. The van der Waals surface area contributed by atoms with Crippen molar-refractivity contribution in [3.8, 4) is 0 Å². The van der Waals surface area contributed by atoms with Crippen molar-refractivity contribution in [2.24, 2.45) is 0 Å². The maximum atomic E-state index is 2.24. The van der Waals surface area contributed by atoms with E-state index in [1.54, 1.807) is 0 Å². The molecule has 0 spiro atoms. The van der Waals surface area contributed by atoms with Crippen LogP contribution in [0.3, 0.4) is 0 Å². The minimum absolute atomic E-state index is 0. The van der Waals surface area contributed by atoms with Gasteiger partial charge in [0.25, 0.3) is 0 Å². The number of hydrogen-bond donors (Lipinski definition) is 0. The molecule has 1 aromatic carbocycles. The van der Waals surface area contributed by atoms with E-state index in [4.69, 9.17) is 0 Å². The van der Waals surface area contributed by atoms with E-state index < -0.39 is 0 Å². The molecule has 2 rings (SSSR count). The number of hydrogen-bond acceptors (Lipinski definition) is 0. The molecule has 12 heavy (non-hydrogen) atoms. The van der Waals surface area contributed by atoms with E-state index in [-0.39, 0.29) is 65.4 Å². The van der Waals surface area contributed by atoms with Gasteiger partial charge in [-0.15, -0.1) is 12.1 Å². The quantitative estimate of drug-likeness (QED) is 0.646. The summed E-state index contributed by atoms with van der Waals surface area (Å²) in [6.45, 7) is 2.22. The average molecular weight is 308 g/mol. The summed E-state index contributed by atoms with van der Waals surface area (Å²) >= 11 is 0. The van der Waals surface area contributed by atoms with Crippen LogP contribution in [0.4, 0.5) is 0 Å². The van der Waals surface area contributed by atoms with Crippen LogP contribution in [0.2, 0.25) is 0 Å². The monoisotopic (exact) mass is 308 g/mol. The molecule has 0 nitrogen and oxygen atoms in total. The van der Waals surface area contributed by atoms with E-state index in [9.17, 15) is 0 Å². The molecule has 0 fully saturated rings. The van der Waals surface area contributed by atoms with Gasteiger partial charge < -0.3 is 12.8 Å². The van der Waals surface area contributed by atoms with Crippen molar-refractivity contribution in [3.05, 3.63) is 48.2 Å². The summed E-state index contributed by atoms with van der Waals surface area (Å²) in [5.74, 6) is 0.621. The Balaban J connectivity index is 0.000000605. The summed E-state index contributed by atoms with van der Waals surface area (Å²) in [5.41, 5.74) is 2.84. The Morgan fingerprint density at radius 3 is 2.50 bits per heavy atom. The van der Waals surface area contributed by atoms with E-state index in [1.807, 2.05) is 0 Å². The first-order chi connectivity index (χ1) is 4.88. The Bertz CT molecular complexity index is 245. The van der Waals surface area contributed by atoms with Gasteiger partial charge in [-0.3, -0.25) is 0 Å². The molecular formula is C10H10Y2-2. The number of rotatable bonds is 0. The molecule has 0 aliphatic heterocycles. The fourth-order valence-electron chi connectivity index (χ4n) is 1.43. The maximum Gasteiger partial charge on any atom is 0 e. The molecule has 1 aliphatic rings. The van der Waals surface area contributed by atoms with Gasteiger partial charge in [-0.25, -0.2) is 5.56 Å². The summed E-state index contributed by atoms with van der Waals surface area (Å²) in [7, 11) is 0. The third-order valence-electron chi connectivity index (χ3n) is 2.05. The van der Waals surface area contributed by atoms with Gasteiger partial charge >= 0.3 is 0 Å². The van der Waals surface area contributed by atoms with Crippen molar-refractivity contribution in [2.75, 3.05) is 0 Å². The normalized spacial score (nSPS) is 18.2. The molecule has 0 saturated carbocycles. The molecule has 0 bridgehead atoms. The largest absolute Gasteiger partial charge is 0.372 e. The van der Waals surface area contributed by atoms with Crippen molar-refractivity contribution >= 4 is 0 Å². The smallest absolute Gasteiger partial charge is 0 e. The van der Waals surface area contributed by atoms with Crippen molar-refractivity contribution in [1.82, 2.24) is 0 Å². The molecule has 58 valence electrons. The van der Waals surface area contributed by atoms with E-state index in [1.165, 1.54) is 11.1 Å². The minimum atomic E-state index is 0. The number of benzene rings is 1. The molecule has 1 atom stereocenters. The summed E-state index contributed by atoms with van der Waals surface area (Å²) in [6.07, 6.45) is 4.44. The van der Waals surface area contributed by atoms with Gasteiger partial charge in [0.2, 0.25) is 0 Å². The van der Waals surface area contributed by atoms with Gasteiger partial charge in [-0.1, -0.05) is 13.0 Å². The Hall–Kier alpha value is 1.30. The Kier molecular flexibility index (Phi) is 6.55. The van der Waals surface area contributed by atoms with Crippen LogP contribution in [0, 0.1) is 12.8 Å². The summed E-state index contributed by atoms with van der Waals surface area (Å²) in [4.78, 5) is 0. The first-order valence-corrected chi connectivity index (χ1v) is 3.65. The Labute approximate surface area is 125 Å². The zero-order chi connectivity index (χ0) is 6.97. The van der Waals surface area contributed by atoms with Gasteiger partial charge in [0, 0.05) is 65.4 Å². The second-order valence-electron chi connectivity index (χ2n) is 2.78. The van der Waals surface area contributed by atoms with Crippen LogP contribution in [-0.4, -0.2) is 0 Å². The molecule has 1 unspecified atom stereocenters. The van der Waals surface area contributed by atoms with E-state index in [2.05, 4.69) is 44.0 Å². The zero-order valence-corrected chi connectivity index (χ0v) is 12.9. The third-order valence-corrected chi connectivity index (χ3v) is 2.05. The Morgan fingerprint density at radius 1 is 1.17 bits per heavy atom. The van der Waals surface area contributed by atoms with Crippen LogP contribution in [0.15, 0.2) is 24.3 Å². The van der Waals surface area contributed by atoms with Crippen LogP contribution in [0.5, 0.6) is 0 Å². The topological polar surface area (TPSA) is 0 Å². The second kappa shape index (κ2) is 5.91. The average Bonchev–Trinajstić information content (AvgIpc) is 2.34. The summed E-state index contributed by atoms with van der Waals surface area (Å²) in [6, 6.07) is 8.54. The van der Waals surface area contributed by atoms with Gasteiger partial charge in [0.1, 0.15) is 0 Å². The predicted octanol–water partition coefficient (Wildman–Crippen LogP) is 2.56. The van der Waals surface area contributed by atoms with Crippen LogP contribution in [-0.2, 0) is 65.4 Å². The molecule has 2 radical (unpaired) electrons. The first kappa shape index (κ1) is 13.3. The molecule has 1 aromatic rings. The fourth-order valence-corrected chi connectivity index (χ4v) is 1.43. The van der Waals surface area contributed by atoms with Gasteiger partial charge in [0.15, 0.2) is 0 Å². The van der Waals surface area contributed by atoms with E-state index in [0.717, 1.165) is 0 Å². The molecule has 2 heteroatoms. The molecular weight excluding hydrogens is 298 g/mol. The molecule has 0 N–H and O–H groups in total.